The number of anilines is 1. The normalized spacial score (nSPS) is 17.4. The summed E-state index contributed by atoms with van der Waals surface area (Å²) < 4.78 is 0. The molecule has 1 aliphatic heterocycles. The van der Waals surface area contributed by atoms with Crippen LogP contribution in [0.4, 0.5) is 9.93 Å². The maximum atomic E-state index is 12.2. The Morgan fingerprint density at radius 3 is 2.78 bits per heavy atom. The molecule has 0 saturated carbocycles. The Hall–Kier alpha value is -2.40. The van der Waals surface area contributed by atoms with Gasteiger partial charge in [0.2, 0.25) is 17.7 Å². The van der Waals surface area contributed by atoms with Gasteiger partial charge in [-0.2, -0.15) is 0 Å². The van der Waals surface area contributed by atoms with Gasteiger partial charge < -0.3 is 27.0 Å². The number of β-lactam (4-membered cyclic amide) rings is 1. The Labute approximate surface area is 139 Å². The summed E-state index contributed by atoms with van der Waals surface area (Å²) in [4.78, 5) is 49.7. The molecule has 0 aliphatic carbocycles. The number of hydrogen-bond donors (Lipinski definition) is 5. The first-order valence-corrected chi connectivity index (χ1v) is 7.77. The predicted octanol–water partition coefficient (Wildman–Crippen LogP) is -1.36. The van der Waals surface area contributed by atoms with Gasteiger partial charge in [-0.05, 0) is 0 Å². The number of primary amides is 1. The average molecular weight is 361 g/mol. The highest BCUT2D eigenvalue weighted by molar-refractivity contribution is 7.14. The van der Waals surface area contributed by atoms with E-state index in [4.69, 9.17) is 17.3 Å². The van der Waals surface area contributed by atoms with Crippen molar-refractivity contribution >= 4 is 51.8 Å². The standard InChI is InChI=1S/C11H13ClN6O4S/c12-1-6(19)17-11-16-5(3-23-11)7(18-10(13)22)9(21)15-4-2-14-8(4)20/h3-4,7H,1-2H2,(H,14,20)(H,15,21)(H3,13,18,22)(H,16,17,19). The number of urea groups is 1. The molecule has 1 aromatic heterocycles. The maximum Gasteiger partial charge on any atom is 0.313 e. The van der Waals surface area contributed by atoms with E-state index in [1.54, 1.807) is 0 Å². The van der Waals surface area contributed by atoms with Gasteiger partial charge >= 0.3 is 6.03 Å². The first-order valence-electron chi connectivity index (χ1n) is 6.36. The predicted molar refractivity (Wildman–Crippen MR) is 81.9 cm³/mol. The number of hydrogen-bond acceptors (Lipinski definition) is 6. The van der Waals surface area contributed by atoms with Gasteiger partial charge in [-0.1, -0.05) is 0 Å². The number of amides is 5. The Kier molecular flexibility index (Phi) is 5.34. The van der Waals surface area contributed by atoms with E-state index >= 15 is 0 Å². The molecule has 1 saturated heterocycles. The third kappa shape index (κ3) is 4.29. The van der Waals surface area contributed by atoms with Gasteiger partial charge in [-0.25, -0.2) is 9.78 Å². The summed E-state index contributed by atoms with van der Waals surface area (Å²) in [6.45, 7) is 0.307. The van der Waals surface area contributed by atoms with Crippen molar-refractivity contribution in [3.8, 4) is 0 Å². The average Bonchev–Trinajstić information content (AvgIpc) is 2.96. The minimum Gasteiger partial charge on any atom is -0.352 e. The Balaban J connectivity index is 2.10. The molecule has 2 unspecified atom stereocenters. The quantitative estimate of drug-likeness (QED) is 0.313. The molecule has 10 nitrogen and oxygen atoms in total. The number of halogens is 1. The van der Waals surface area contributed by atoms with Crippen LogP contribution in [0, 0.1) is 0 Å². The largest absolute Gasteiger partial charge is 0.352 e. The number of nitrogens with two attached hydrogens (primary N) is 1. The van der Waals surface area contributed by atoms with E-state index in [0.29, 0.717) is 6.54 Å². The number of nitrogens with one attached hydrogen (secondary N) is 4. The molecule has 0 spiro atoms. The van der Waals surface area contributed by atoms with Crippen molar-refractivity contribution in [2.45, 2.75) is 12.1 Å². The molecule has 23 heavy (non-hydrogen) atoms. The lowest BCUT2D eigenvalue weighted by atomic mass is 10.1. The summed E-state index contributed by atoms with van der Waals surface area (Å²) in [5.74, 6) is -1.65. The fourth-order valence-electron chi connectivity index (χ4n) is 1.70. The van der Waals surface area contributed by atoms with E-state index in [2.05, 4.69) is 26.3 Å². The molecule has 12 heteroatoms. The number of nitrogens with zero attached hydrogens (tertiary/aromatic N) is 1. The van der Waals surface area contributed by atoms with Crippen molar-refractivity contribution in [3.63, 3.8) is 0 Å². The van der Waals surface area contributed by atoms with Crippen molar-refractivity contribution < 1.29 is 19.2 Å². The van der Waals surface area contributed by atoms with Crippen LogP contribution in [-0.2, 0) is 14.4 Å². The topological polar surface area (TPSA) is 155 Å². The number of alkyl halides is 1. The zero-order valence-electron chi connectivity index (χ0n) is 11.6. The third-order valence-corrected chi connectivity index (χ3v) is 3.87. The summed E-state index contributed by atoms with van der Waals surface area (Å²) in [7, 11) is 0. The van der Waals surface area contributed by atoms with Gasteiger partial charge in [0.25, 0.3) is 0 Å². The minimum atomic E-state index is -1.18. The second kappa shape index (κ2) is 7.24. The van der Waals surface area contributed by atoms with E-state index in [0.717, 1.165) is 11.3 Å². The SMILES string of the molecule is NC(=O)NC(C(=O)NC1CNC1=O)c1csc(NC(=O)CCl)n1. The van der Waals surface area contributed by atoms with Crippen LogP contribution in [0.5, 0.6) is 0 Å². The van der Waals surface area contributed by atoms with E-state index in [-0.39, 0.29) is 22.6 Å². The zero-order chi connectivity index (χ0) is 17.0. The third-order valence-electron chi connectivity index (χ3n) is 2.85. The van der Waals surface area contributed by atoms with Gasteiger partial charge in [-0.3, -0.25) is 14.4 Å². The van der Waals surface area contributed by atoms with Crippen LogP contribution in [-0.4, -0.2) is 47.2 Å². The number of carbonyl (C=O) groups excluding carboxylic acids is 4. The Morgan fingerprint density at radius 1 is 1.52 bits per heavy atom. The molecule has 1 aliphatic rings. The van der Waals surface area contributed by atoms with Gasteiger partial charge in [-0.15, -0.1) is 22.9 Å². The molecule has 1 aromatic rings. The Bertz CT molecular complexity index is 650. The van der Waals surface area contributed by atoms with Gasteiger partial charge in [0.15, 0.2) is 11.2 Å². The fraction of sp³-hybridized carbons (Fsp3) is 0.364. The van der Waals surface area contributed by atoms with Gasteiger partial charge in [0.1, 0.15) is 11.9 Å². The van der Waals surface area contributed by atoms with E-state index in [9.17, 15) is 19.2 Å². The molecular formula is C11H13ClN6O4S. The summed E-state index contributed by atoms with van der Waals surface area (Å²) in [5, 5.41) is 11.3. The second-order valence-electron chi connectivity index (χ2n) is 4.51. The summed E-state index contributed by atoms with van der Waals surface area (Å²) >= 11 is 6.43. The Morgan fingerprint density at radius 2 is 2.26 bits per heavy atom. The highest BCUT2D eigenvalue weighted by Crippen LogP contribution is 2.21. The van der Waals surface area contributed by atoms with Crippen LogP contribution in [0.1, 0.15) is 11.7 Å². The van der Waals surface area contributed by atoms with Crippen molar-refractivity contribution in [1.29, 1.82) is 0 Å². The number of thiazole rings is 1. The van der Waals surface area contributed by atoms with Crippen LogP contribution in [0.25, 0.3) is 0 Å². The zero-order valence-corrected chi connectivity index (χ0v) is 13.2. The van der Waals surface area contributed by atoms with Crippen molar-refractivity contribution in [1.82, 2.24) is 20.9 Å². The smallest absolute Gasteiger partial charge is 0.313 e. The van der Waals surface area contributed by atoms with Gasteiger partial charge in [0.05, 0.1) is 5.69 Å². The molecule has 0 aromatic carbocycles. The van der Waals surface area contributed by atoms with E-state index in [1.807, 2.05) is 0 Å². The van der Waals surface area contributed by atoms with Crippen LogP contribution in [0.3, 0.4) is 0 Å². The second-order valence-corrected chi connectivity index (χ2v) is 5.63. The molecule has 2 heterocycles. The first kappa shape index (κ1) is 17.0. The van der Waals surface area contributed by atoms with E-state index < -0.39 is 29.9 Å². The van der Waals surface area contributed by atoms with Crippen LogP contribution < -0.4 is 27.0 Å². The molecule has 124 valence electrons. The highest BCUT2D eigenvalue weighted by atomic mass is 35.5. The lowest BCUT2D eigenvalue weighted by molar-refractivity contribution is -0.134. The lowest BCUT2D eigenvalue weighted by Gasteiger charge is -2.28. The molecule has 2 atom stereocenters. The van der Waals surface area contributed by atoms with Crippen molar-refractivity contribution in [2.24, 2.45) is 5.73 Å². The maximum absolute atomic E-state index is 12.2. The summed E-state index contributed by atoms with van der Waals surface area (Å²) in [6.07, 6.45) is 0. The first-order chi connectivity index (χ1) is 10.9. The molecule has 1 fully saturated rings. The summed E-state index contributed by atoms with van der Waals surface area (Å²) in [5.41, 5.74) is 5.24. The lowest BCUT2D eigenvalue weighted by Crippen LogP contribution is -2.63. The molecule has 5 amide bonds. The van der Waals surface area contributed by atoms with Crippen molar-refractivity contribution in [2.75, 3.05) is 17.7 Å². The molecule has 0 radical (unpaired) electrons. The van der Waals surface area contributed by atoms with Gasteiger partial charge in [0, 0.05) is 11.9 Å². The molecule has 6 N–H and O–H groups in total. The molecule has 0 bridgehead atoms. The number of carbonyl (C=O) groups is 4. The highest BCUT2D eigenvalue weighted by Gasteiger charge is 2.33. The van der Waals surface area contributed by atoms with Crippen LogP contribution in [0.2, 0.25) is 0 Å². The van der Waals surface area contributed by atoms with Crippen LogP contribution in [0.15, 0.2) is 5.38 Å². The molecular weight excluding hydrogens is 348 g/mol. The fourth-order valence-corrected chi connectivity index (χ4v) is 2.52. The minimum absolute atomic E-state index is 0.177. The number of rotatable bonds is 6. The molecule has 2 rings (SSSR count). The van der Waals surface area contributed by atoms with Crippen LogP contribution >= 0.6 is 22.9 Å². The van der Waals surface area contributed by atoms with E-state index in [1.165, 1.54) is 5.38 Å². The monoisotopic (exact) mass is 360 g/mol. The summed E-state index contributed by atoms with van der Waals surface area (Å²) in [6, 6.07) is -2.77. The van der Waals surface area contributed by atoms with Crippen molar-refractivity contribution in [3.05, 3.63) is 11.1 Å². The number of aromatic nitrogens is 1.